The maximum absolute atomic E-state index is 11.9. The second-order valence-corrected chi connectivity index (χ2v) is 6.08. The predicted molar refractivity (Wildman–Crippen MR) is 74.0 cm³/mol. The van der Waals surface area contributed by atoms with Crippen LogP contribution in [0.5, 0.6) is 0 Å². The highest BCUT2D eigenvalue weighted by atomic mass is 16.4. The van der Waals surface area contributed by atoms with Gasteiger partial charge in [0.2, 0.25) is 0 Å². The minimum absolute atomic E-state index is 0.0504. The molecule has 110 valence electrons. The van der Waals surface area contributed by atoms with Gasteiger partial charge in [0.15, 0.2) is 0 Å². The van der Waals surface area contributed by atoms with Crippen molar-refractivity contribution in [3.63, 3.8) is 0 Å². The van der Waals surface area contributed by atoms with Crippen LogP contribution in [-0.2, 0) is 4.79 Å². The van der Waals surface area contributed by atoms with E-state index in [1.165, 1.54) is 0 Å². The van der Waals surface area contributed by atoms with Gasteiger partial charge < -0.3 is 15.7 Å². The highest BCUT2D eigenvalue weighted by Gasteiger charge is 2.41. The van der Waals surface area contributed by atoms with Crippen molar-refractivity contribution in [2.75, 3.05) is 0 Å². The third-order valence-corrected chi connectivity index (χ3v) is 3.67. The molecule has 3 N–H and O–H groups in total. The van der Waals surface area contributed by atoms with Crippen molar-refractivity contribution in [1.82, 2.24) is 10.6 Å². The molecule has 2 amide bonds. The Hall–Kier alpha value is -1.26. The normalized spacial score (nSPS) is 19.8. The van der Waals surface area contributed by atoms with Gasteiger partial charge in [-0.2, -0.15) is 0 Å². The molecule has 1 rings (SSSR count). The molecule has 0 spiro atoms. The lowest BCUT2D eigenvalue weighted by Crippen LogP contribution is -2.59. The molecule has 0 bridgehead atoms. The number of rotatable bonds is 5. The zero-order valence-electron chi connectivity index (χ0n) is 12.2. The molecule has 1 aliphatic carbocycles. The lowest BCUT2D eigenvalue weighted by Gasteiger charge is -2.34. The van der Waals surface area contributed by atoms with E-state index in [1.54, 1.807) is 0 Å². The first-order chi connectivity index (χ1) is 8.85. The number of carbonyl (C=O) groups is 2. The van der Waals surface area contributed by atoms with E-state index in [1.807, 2.05) is 6.92 Å². The predicted octanol–water partition coefficient (Wildman–Crippen LogP) is 2.51. The minimum atomic E-state index is -1.07. The van der Waals surface area contributed by atoms with Gasteiger partial charge in [-0.15, -0.1) is 0 Å². The van der Waals surface area contributed by atoms with Crippen LogP contribution in [0.1, 0.15) is 59.3 Å². The maximum atomic E-state index is 11.9. The van der Waals surface area contributed by atoms with Gasteiger partial charge in [-0.05, 0) is 32.1 Å². The molecule has 0 aromatic rings. The summed E-state index contributed by atoms with van der Waals surface area (Å²) < 4.78 is 0. The van der Waals surface area contributed by atoms with Crippen LogP contribution in [0.2, 0.25) is 0 Å². The third-order valence-electron chi connectivity index (χ3n) is 3.67. The molecule has 1 unspecified atom stereocenters. The van der Waals surface area contributed by atoms with Crippen molar-refractivity contribution in [3.8, 4) is 0 Å². The van der Waals surface area contributed by atoms with Gasteiger partial charge in [-0.25, -0.2) is 9.59 Å². The molecule has 5 nitrogen and oxygen atoms in total. The fourth-order valence-corrected chi connectivity index (χ4v) is 2.79. The lowest BCUT2D eigenvalue weighted by atomic mass is 9.82. The zero-order chi connectivity index (χ0) is 14.5. The fraction of sp³-hybridized carbons (Fsp3) is 0.857. The van der Waals surface area contributed by atoms with Crippen molar-refractivity contribution in [2.45, 2.75) is 70.9 Å². The molecular formula is C14H26N2O3. The van der Waals surface area contributed by atoms with E-state index < -0.39 is 11.5 Å². The monoisotopic (exact) mass is 270 g/mol. The first kappa shape index (κ1) is 15.8. The fourth-order valence-electron chi connectivity index (χ4n) is 2.79. The first-order valence-corrected chi connectivity index (χ1v) is 7.18. The summed E-state index contributed by atoms with van der Waals surface area (Å²) in [5, 5.41) is 14.9. The summed E-state index contributed by atoms with van der Waals surface area (Å²) in [4.78, 5) is 23.4. The summed E-state index contributed by atoms with van der Waals surface area (Å²) >= 11 is 0. The van der Waals surface area contributed by atoms with Gasteiger partial charge in [0.1, 0.15) is 5.54 Å². The minimum Gasteiger partial charge on any atom is -0.480 e. The van der Waals surface area contributed by atoms with Gasteiger partial charge in [-0.3, -0.25) is 0 Å². The molecule has 0 heterocycles. The molecule has 1 atom stereocenters. The number of nitrogens with one attached hydrogen (secondary N) is 2. The molecule has 0 aromatic heterocycles. The van der Waals surface area contributed by atoms with Crippen LogP contribution < -0.4 is 10.6 Å². The van der Waals surface area contributed by atoms with E-state index in [0.29, 0.717) is 18.8 Å². The third kappa shape index (κ3) is 4.73. The standard InChI is InChI=1S/C14H26N2O3/c1-10(2)9-11(3)15-13(19)16-14(12(17)18)7-5-4-6-8-14/h10-11H,4-9H2,1-3H3,(H,17,18)(H2,15,16,19). The van der Waals surface area contributed by atoms with E-state index >= 15 is 0 Å². The number of urea groups is 1. The van der Waals surface area contributed by atoms with Crippen LogP contribution in [0.3, 0.4) is 0 Å². The smallest absolute Gasteiger partial charge is 0.329 e. The first-order valence-electron chi connectivity index (χ1n) is 7.18. The Balaban J connectivity index is 2.55. The Labute approximate surface area is 115 Å². The molecule has 1 aliphatic rings. The molecular weight excluding hydrogens is 244 g/mol. The van der Waals surface area contributed by atoms with Crippen LogP contribution in [0.15, 0.2) is 0 Å². The molecule has 19 heavy (non-hydrogen) atoms. The highest BCUT2D eigenvalue weighted by Crippen LogP contribution is 2.28. The lowest BCUT2D eigenvalue weighted by molar-refractivity contribution is -0.145. The SMILES string of the molecule is CC(C)CC(C)NC(=O)NC1(C(=O)O)CCCCC1. The summed E-state index contributed by atoms with van der Waals surface area (Å²) in [6, 6.07) is -0.313. The number of carboxylic acids is 1. The van der Waals surface area contributed by atoms with Gasteiger partial charge in [0.05, 0.1) is 0 Å². The van der Waals surface area contributed by atoms with Gasteiger partial charge >= 0.3 is 12.0 Å². The maximum Gasteiger partial charge on any atom is 0.329 e. The molecule has 0 aliphatic heterocycles. The Kier molecular flexibility index (Phi) is 5.63. The van der Waals surface area contributed by atoms with Crippen molar-refractivity contribution in [2.24, 2.45) is 5.92 Å². The molecule has 0 saturated heterocycles. The van der Waals surface area contributed by atoms with Crippen molar-refractivity contribution in [3.05, 3.63) is 0 Å². The Morgan fingerprint density at radius 2 is 1.74 bits per heavy atom. The van der Waals surface area contributed by atoms with E-state index in [-0.39, 0.29) is 12.1 Å². The topological polar surface area (TPSA) is 78.4 Å². The Morgan fingerprint density at radius 3 is 2.21 bits per heavy atom. The number of hydrogen-bond acceptors (Lipinski definition) is 2. The van der Waals surface area contributed by atoms with E-state index in [9.17, 15) is 14.7 Å². The molecule has 0 radical (unpaired) electrons. The van der Waals surface area contributed by atoms with Crippen molar-refractivity contribution < 1.29 is 14.7 Å². The Morgan fingerprint density at radius 1 is 1.16 bits per heavy atom. The number of hydrogen-bond donors (Lipinski definition) is 3. The number of carbonyl (C=O) groups excluding carboxylic acids is 1. The second kappa shape index (κ2) is 6.78. The van der Waals surface area contributed by atoms with Crippen molar-refractivity contribution in [1.29, 1.82) is 0 Å². The molecule has 0 aromatic carbocycles. The van der Waals surface area contributed by atoms with Gasteiger partial charge in [0, 0.05) is 6.04 Å². The Bertz CT molecular complexity index is 323. The molecule has 1 saturated carbocycles. The summed E-state index contributed by atoms with van der Waals surface area (Å²) in [6.07, 6.45) is 4.68. The van der Waals surface area contributed by atoms with Crippen molar-refractivity contribution >= 4 is 12.0 Å². The summed E-state index contributed by atoms with van der Waals surface area (Å²) in [5.74, 6) is -0.419. The molecule has 1 fully saturated rings. The number of amides is 2. The van der Waals surface area contributed by atoms with Crippen LogP contribution in [-0.4, -0.2) is 28.7 Å². The van der Waals surface area contributed by atoms with E-state index in [0.717, 1.165) is 25.7 Å². The highest BCUT2D eigenvalue weighted by molar-refractivity contribution is 5.86. The van der Waals surface area contributed by atoms with Crippen LogP contribution in [0.25, 0.3) is 0 Å². The van der Waals surface area contributed by atoms with Crippen LogP contribution in [0.4, 0.5) is 4.79 Å². The summed E-state index contributed by atoms with van der Waals surface area (Å²) in [5.41, 5.74) is -1.07. The van der Waals surface area contributed by atoms with E-state index in [4.69, 9.17) is 0 Å². The quantitative estimate of drug-likeness (QED) is 0.718. The van der Waals surface area contributed by atoms with Gasteiger partial charge in [-0.1, -0.05) is 33.1 Å². The summed E-state index contributed by atoms with van der Waals surface area (Å²) in [7, 11) is 0. The number of aliphatic carboxylic acids is 1. The second-order valence-electron chi connectivity index (χ2n) is 6.08. The largest absolute Gasteiger partial charge is 0.480 e. The average molecular weight is 270 g/mol. The molecule has 5 heteroatoms. The van der Waals surface area contributed by atoms with Crippen LogP contribution in [0, 0.1) is 5.92 Å². The summed E-state index contributed by atoms with van der Waals surface area (Å²) in [6.45, 7) is 6.12. The number of carboxylic acid groups (broad SMARTS) is 1. The van der Waals surface area contributed by atoms with Gasteiger partial charge in [0.25, 0.3) is 0 Å². The van der Waals surface area contributed by atoms with E-state index in [2.05, 4.69) is 24.5 Å². The van der Waals surface area contributed by atoms with Crippen LogP contribution >= 0.6 is 0 Å². The zero-order valence-corrected chi connectivity index (χ0v) is 12.2. The average Bonchev–Trinajstić information content (AvgIpc) is 2.28.